The Morgan fingerprint density at radius 3 is 2.52 bits per heavy atom. The number of nitrogens with zero attached hydrogens (tertiary/aromatic N) is 2. The zero-order valence-electron chi connectivity index (χ0n) is 18.1. The third-order valence-electron chi connectivity index (χ3n) is 5.97. The standard InChI is InChI=1S/C25H23BrN2O5/c1-3-13-27-19-8-5-4-7-18(19)25(24(27)32)20(21(29)16-9-11-17(26)12-10-16)22(30)23(31)28(25)14-6-15-33-2/h3-5,7-12,29H,1,6,13-15H2,2H3/t25-/m1/s1. The highest BCUT2D eigenvalue weighted by atomic mass is 79.9. The summed E-state index contributed by atoms with van der Waals surface area (Å²) in [5.74, 6) is -2.58. The Bertz CT molecular complexity index is 1170. The lowest BCUT2D eigenvalue weighted by Crippen LogP contribution is -2.52. The van der Waals surface area contributed by atoms with Crippen molar-refractivity contribution in [2.24, 2.45) is 0 Å². The monoisotopic (exact) mass is 510 g/mol. The molecule has 4 rings (SSSR count). The SMILES string of the molecule is C=CCN1C(=O)[C@]2(C(=C(O)c3ccc(Br)cc3)C(=O)C(=O)N2CCCOC)c2ccccc21. The predicted octanol–water partition coefficient (Wildman–Crippen LogP) is 3.59. The van der Waals surface area contributed by atoms with Gasteiger partial charge in [0, 0.05) is 42.4 Å². The van der Waals surface area contributed by atoms with Crippen molar-refractivity contribution < 1.29 is 24.2 Å². The number of ether oxygens (including phenoxy) is 1. The fourth-order valence-corrected chi connectivity index (χ4v) is 4.86. The number of carbonyl (C=O) groups is 3. The van der Waals surface area contributed by atoms with E-state index in [4.69, 9.17) is 4.74 Å². The molecular formula is C25H23BrN2O5. The molecule has 2 amide bonds. The quantitative estimate of drug-likeness (QED) is 0.202. The molecule has 1 N–H and O–H groups in total. The van der Waals surface area contributed by atoms with E-state index in [-0.39, 0.29) is 18.7 Å². The summed E-state index contributed by atoms with van der Waals surface area (Å²) in [5.41, 5.74) is -0.607. The van der Waals surface area contributed by atoms with Crippen LogP contribution in [0.2, 0.25) is 0 Å². The summed E-state index contributed by atoms with van der Waals surface area (Å²) < 4.78 is 5.91. The summed E-state index contributed by atoms with van der Waals surface area (Å²) in [7, 11) is 1.54. The van der Waals surface area contributed by atoms with E-state index in [1.807, 2.05) is 0 Å². The molecule has 2 aliphatic heterocycles. The molecule has 0 aromatic heterocycles. The van der Waals surface area contributed by atoms with Gasteiger partial charge in [-0.25, -0.2) is 0 Å². The molecule has 2 heterocycles. The summed E-state index contributed by atoms with van der Waals surface area (Å²) in [6.07, 6.45) is 2.00. The van der Waals surface area contributed by atoms with Crippen molar-refractivity contribution in [1.82, 2.24) is 4.90 Å². The molecule has 0 bridgehead atoms. The van der Waals surface area contributed by atoms with Crippen molar-refractivity contribution in [2.75, 3.05) is 31.7 Å². The third-order valence-corrected chi connectivity index (χ3v) is 6.50. The van der Waals surface area contributed by atoms with Crippen LogP contribution in [-0.2, 0) is 24.7 Å². The molecule has 0 unspecified atom stereocenters. The Hall–Kier alpha value is -3.23. The number of benzene rings is 2. The summed E-state index contributed by atoms with van der Waals surface area (Å²) >= 11 is 3.35. The largest absolute Gasteiger partial charge is 0.507 e. The molecule has 1 saturated heterocycles. The highest BCUT2D eigenvalue weighted by Gasteiger charge is 2.66. The minimum Gasteiger partial charge on any atom is -0.507 e. The van der Waals surface area contributed by atoms with Gasteiger partial charge in [-0.1, -0.05) is 52.3 Å². The number of amides is 2. The van der Waals surface area contributed by atoms with Gasteiger partial charge in [-0.15, -0.1) is 6.58 Å². The van der Waals surface area contributed by atoms with E-state index in [0.29, 0.717) is 29.8 Å². The lowest BCUT2D eigenvalue weighted by atomic mass is 9.82. The molecule has 7 nitrogen and oxygen atoms in total. The van der Waals surface area contributed by atoms with Crippen molar-refractivity contribution in [2.45, 2.75) is 12.0 Å². The Balaban J connectivity index is 2.02. The number of ketones is 1. The number of methoxy groups -OCH3 is 1. The van der Waals surface area contributed by atoms with Gasteiger partial charge in [0.1, 0.15) is 5.76 Å². The summed E-state index contributed by atoms with van der Waals surface area (Å²) in [4.78, 5) is 43.5. The number of hydrogen-bond donors (Lipinski definition) is 1. The first-order chi connectivity index (χ1) is 15.9. The molecule has 0 saturated carbocycles. The van der Waals surface area contributed by atoms with Crippen LogP contribution in [0.4, 0.5) is 5.69 Å². The second-order valence-electron chi connectivity index (χ2n) is 7.79. The van der Waals surface area contributed by atoms with E-state index in [1.54, 1.807) is 61.7 Å². The highest BCUT2D eigenvalue weighted by Crippen LogP contribution is 2.53. The van der Waals surface area contributed by atoms with Gasteiger partial charge in [0.05, 0.1) is 11.3 Å². The number of para-hydroxylation sites is 1. The van der Waals surface area contributed by atoms with Gasteiger partial charge in [-0.2, -0.15) is 0 Å². The number of hydrogen-bond acceptors (Lipinski definition) is 5. The van der Waals surface area contributed by atoms with Crippen molar-refractivity contribution in [3.05, 3.63) is 82.4 Å². The molecule has 2 aliphatic rings. The first-order valence-corrected chi connectivity index (χ1v) is 11.3. The summed E-state index contributed by atoms with van der Waals surface area (Å²) in [5, 5.41) is 11.3. The molecule has 1 atom stereocenters. The summed E-state index contributed by atoms with van der Waals surface area (Å²) in [6, 6.07) is 13.7. The topological polar surface area (TPSA) is 87.2 Å². The van der Waals surface area contributed by atoms with E-state index < -0.39 is 28.9 Å². The van der Waals surface area contributed by atoms with Crippen molar-refractivity contribution in [1.29, 1.82) is 0 Å². The molecular weight excluding hydrogens is 488 g/mol. The number of Topliss-reactive ketones (excluding diaryl/α,β-unsaturated/α-hetero) is 1. The van der Waals surface area contributed by atoms with Gasteiger partial charge in [-0.05, 0) is 24.6 Å². The third kappa shape index (κ3) is 3.41. The molecule has 1 fully saturated rings. The lowest BCUT2D eigenvalue weighted by Gasteiger charge is -2.34. The van der Waals surface area contributed by atoms with Gasteiger partial charge in [0.15, 0.2) is 5.54 Å². The average Bonchev–Trinajstić information content (AvgIpc) is 3.19. The average molecular weight is 511 g/mol. The van der Waals surface area contributed by atoms with Crippen LogP contribution < -0.4 is 4.90 Å². The molecule has 1 spiro atoms. The number of likely N-dealkylation sites (tertiary alicyclic amines) is 1. The number of aliphatic hydroxyl groups is 1. The summed E-state index contributed by atoms with van der Waals surface area (Å²) in [6.45, 7) is 4.39. The maximum atomic E-state index is 14.1. The lowest BCUT2D eigenvalue weighted by molar-refractivity contribution is -0.143. The van der Waals surface area contributed by atoms with Crippen molar-refractivity contribution in [3.8, 4) is 0 Å². The number of halogens is 1. The molecule has 2 aromatic carbocycles. The maximum Gasteiger partial charge on any atom is 0.296 e. The van der Waals surface area contributed by atoms with E-state index >= 15 is 0 Å². The second kappa shape index (κ2) is 8.96. The molecule has 170 valence electrons. The van der Waals surface area contributed by atoms with Gasteiger partial charge in [0.25, 0.3) is 17.6 Å². The van der Waals surface area contributed by atoms with Gasteiger partial charge in [0.2, 0.25) is 0 Å². The smallest absolute Gasteiger partial charge is 0.296 e. The van der Waals surface area contributed by atoms with Crippen LogP contribution in [0.1, 0.15) is 17.5 Å². The van der Waals surface area contributed by atoms with E-state index in [2.05, 4.69) is 22.5 Å². The number of anilines is 1. The number of carbonyl (C=O) groups excluding carboxylic acids is 3. The molecule has 0 radical (unpaired) electrons. The Labute approximate surface area is 200 Å². The minimum atomic E-state index is -1.77. The highest BCUT2D eigenvalue weighted by molar-refractivity contribution is 9.10. The molecule has 8 heteroatoms. The van der Waals surface area contributed by atoms with Crippen molar-refractivity contribution >= 4 is 45.0 Å². The number of fused-ring (bicyclic) bond motifs is 2. The number of aliphatic hydroxyl groups excluding tert-OH is 1. The van der Waals surface area contributed by atoms with Gasteiger partial charge < -0.3 is 19.6 Å². The minimum absolute atomic E-state index is 0.109. The first-order valence-electron chi connectivity index (χ1n) is 10.5. The molecule has 33 heavy (non-hydrogen) atoms. The second-order valence-corrected chi connectivity index (χ2v) is 8.71. The molecule has 2 aromatic rings. The van der Waals surface area contributed by atoms with E-state index in [9.17, 15) is 19.5 Å². The van der Waals surface area contributed by atoms with Gasteiger partial charge in [-0.3, -0.25) is 14.4 Å². The predicted molar refractivity (Wildman–Crippen MR) is 128 cm³/mol. The van der Waals surface area contributed by atoms with Crippen LogP contribution in [0.5, 0.6) is 0 Å². The Morgan fingerprint density at radius 1 is 1.15 bits per heavy atom. The first kappa shape index (κ1) is 22.9. The van der Waals surface area contributed by atoms with Crippen LogP contribution >= 0.6 is 15.9 Å². The van der Waals surface area contributed by atoms with E-state index in [0.717, 1.165) is 4.47 Å². The zero-order valence-corrected chi connectivity index (χ0v) is 19.7. The van der Waals surface area contributed by atoms with Crippen LogP contribution in [0, 0.1) is 0 Å². The van der Waals surface area contributed by atoms with Crippen LogP contribution in [0.3, 0.4) is 0 Å². The maximum absolute atomic E-state index is 14.1. The van der Waals surface area contributed by atoms with Crippen LogP contribution in [-0.4, -0.2) is 54.4 Å². The zero-order chi connectivity index (χ0) is 23.8. The van der Waals surface area contributed by atoms with E-state index in [1.165, 1.54) is 9.80 Å². The van der Waals surface area contributed by atoms with Crippen LogP contribution in [0.15, 0.2) is 71.2 Å². The normalized spacial score (nSPS) is 21.2. The van der Waals surface area contributed by atoms with Crippen molar-refractivity contribution in [3.63, 3.8) is 0 Å². The number of rotatable bonds is 7. The Morgan fingerprint density at radius 2 is 1.85 bits per heavy atom. The van der Waals surface area contributed by atoms with Crippen LogP contribution in [0.25, 0.3) is 5.76 Å². The van der Waals surface area contributed by atoms with Gasteiger partial charge >= 0.3 is 0 Å². The molecule has 0 aliphatic carbocycles. The Kier molecular flexibility index (Phi) is 6.23. The fraction of sp³-hybridized carbons (Fsp3) is 0.240. The fourth-order valence-electron chi connectivity index (χ4n) is 4.60.